The number of ether oxygens (including phenoxy) is 1. The highest BCUT2D eigenvalue weighted by atomic mass is 16.5. The van der Waals surface area contributed by atoms with Crippen molar-refractivity contribution in [2.24, 2.45) is 5.92 Å². The van der Waals surface area contributed by atoms with E-state index in [9.17, 15) is 0 Å². The highest BCUT2D eigenvalue weighted by Gasteiger charge is 2.13. The van der Waals surface area contributed by atoms with Crippen LogP contribution in [0.25, 0.3) is 0 Å². The Hall–Kier alpha value is -0.0400. The lowest BCUT2D eigenvalue weighted by Gasteiger charge is -2.20. The molecule has 1 nitrogen and oxygen atoms in total. The second-order valence-electron chi connectivity index (χ2n) is 4.47. The molecule has 1 radical (unpaired) electrons. The van der Waals surface area contributed by atoms with Gasteiger partial charge in [-0.3, -0.25) is 0 Å². The zero-order valence-electron chi connectivity index (χ0n) is 9.63. The van der Waals surface area contributed by atoms with E-state index in [1.807, 2.05) is 0 Å². The van der Waals surface area contributed by atoms with Crippen LogP contribution in [0.2, 0.25) is 0 Å². The fraction of sp³-hybridized carbons (Fsp3) is 0.923. The molecule has 1 heteroatoms. The summed E-state index contributed by atoms with van der Waals surface area (Å²) in [5, 5.41) is 0. The fourth-order valence-corrected chi connectivity index (χ4v) is 2.09. The average Bonchev–Trinajstić information content (AvgIpc) is 2.25. The molecule has 1 rings (SSSR count). The van der Waals surface area contributed by atoms with E-state index in [1.165, 1.54) is 57.8 Å². The van der Waals surface area contributed by atoms with Crippen LogP contribution < -0.4 is 0 Å². The van der Waals surface area contributed by atoms with Crippen molar-refractivity contribution in [3.05, 3.63) is 6.61 Å². The van der Waals surface area contributed by atoms with Crippen molar-refractivity contribution in [2.45, 2.75) is 64.7 Å². The molecule has 0 amide bonds. The monoisotopic (exact) mass is 197 g/mol. The maximum Gasteiger partial charge on any atom is 0.0867 e. The minimum Gasteiger partial charge on any atom is -0.375 e. The van der Waals surface area contributed by atoms with Crippen LogP contribution in [0.1, 0.15) is 64.7 Å². The van der Waals surface area contributed by atoms with Gasteiger partial charge in [0.15, 0.2) is 0 Å². The van der Waals surface area contributed by atoms with E-state index in [1.54, 1.807) is 0 Å². The van der Waals surface area contributed by atoms with Gasteiger partial charge in [-0.05, 0) is 25.2 Å². The van der Waals surface area contributed by atoms with E-state index < -0.39 is 0 Å². The number of rotatable bonds is 7. The molecule has 0 bridgehead atoms. The first kappa shape index (κ1) is 12.0. The van der Waals surface area contributed by atoms with Crippen molar-refractivity contribution in [3.8, 4) is 0 Å². The molecule has 0 aromatic rings. The van der Waals surface area contributed by atoms with Gasteiger partial charge in [0.05, 0.1) is 6.61 Å². The van der Waals surface area contributed by atoms with Crippen molar-refractivity contribution in [2.75, 3.05) is 6.61 Å². The van der Waals surface area contributed by atoms with E-state index in [2.05, 4.69) is 13.5 Å². The summed E-state index contributed by atoms with van der Waals surface area (Å²) in [4.78, 5) is 0. The van der Waals surface area contributed by atoms with Crippen LogP contribution in [0.3, 0.4) is 0 Å². The van der Waals surface area contributed by atoms with Crippen molar-refractivity contribution in [3.63, 3.8) is 0 Å². The van der Waals surface area contributed by atoms with Gasteiger partial charge in [-0.2, -0.15) is 0 Å². The van der Waals surface area contributed by atoms with Crippen LogP contribution in [0.5, 0.6) is 0 Å². The Morgan fingerprint density at radius 3 is 2.57 bits per heavy atom. The van der Waals surface area contributed by atoms with Crippen molar-refractivity contribution in [1.29, 1.82) is 0 Å². The van der Waals surface area contributed by atoms with E-state index >= 15 is 0 Å². The minimum absolute atomic E-state index is 0.759. The molecular formula is C13H25O. The molecule has 0 N–H and O–H groups in total. The molecule has 0 aliphatic heterocycles. The molecular weight excluding hydrogens is 172 g/mol. The highest BCUT2D eigenvalue weighted by Crippen LogP contribution is 2.25. The largest absolute Gasteiger partial charge is 0.375 e. The lowest BCUT2D eigenvalue weighted by molar-refractivity contribution is 0.145. The third-order valence-electron chi connectivity index (χ3n) is 3.05. The average molecular weight is 197 g/mol. The first-order valence-corrected chi connectivity index (χ1v) is 6.38. The van der Waals surface area contributed by atoms with Gasteiger partial charge in [0.2, 0.25) is 0 Å². The molecule has 0 aromatic heterocycles. The Balaban J connectivity index is 1.82. The Bertz CT molecular complexity index is 116. The van der Waals surface area contributed by atoms with Crippen LogP contribution in [-0.2, 0) is 4.74 Å². The van der Waals surface area contributed by atoms with E-state index in [0.717, 1.165) is 12.5 Å². The lowest BCUT2D eigenvalue weighted by atomic mass is 9.90. The Morgan fingerprint density at radius 2 is 1.86 bits per heavy atom. The molecule has 0 aromatic carbocycles. The van der Waals surface area contributed by atoms with E-state index in [0.29, 0.717) is 0 Å². The number of hydrogen-bond acceptors (Lipinski definition) is 1. The van der Waals surface area contributed by atoms with Gasteiger partial charge < -0.3 is 4.74 Å². The SMILES string of the molecule is CCCCCCO[CH]C1CCCCC1. The van der Waals surface area contributed by atoms with Crippen LogP contribution in [-0.4, -0.2) is 6.61 Å². The molecule has 1 fully saturated rings. The van der Waals surface area contributed by atoms with Crippen molar-refractivity contribution >= 4 is 0 Å². The third-order valence-corrected chi connectivity index (χ3v) is 3.05. The summed E-state index contributed by atoms with van der Waals surface area (Å²) >= 11 is 0. The quantitative estimate of drug-likeness (QED) is 0.552. The molecule has 1 aliphatic rings. The first-order valence-electron chi connectivity index (χ1n) is 6.38. The second-order valence-corrected chi connectivity index (χ2v) is 4.47. The first-order chi connectivity index (χ1) is 6.93. The fourth-order valence-electron chi connectivity index (χ4n) is 2.09. The van der Waals surface area contributed by atoms with E-state index in [4.69, 9.17) is 4.74 Å². The molecule has 0 unspecified atom stereocenters. The van der Waals surface area contributed by atoms with Gasteiger partial charge in [0.25, 0.3) is 0 Å². The maximum absolute atomic E-state index is 5.59. The van der Waals surface area contributed by atoms with Crippen molar-refractivity contribution < 1.29 is 4.74 Å². The number of hydrogen-bond donors (Lipinski definition) is 0. The minimum atomic E-state index is 0.759. The lowest BCUT2D eigenvalue weighted by Crippen LogP contribution is -2.09. The summed E-state index contributed by atoms with van der Waals surface area (Å²) in [6.45, 7) is 5.30. The summed E-state index contributed by atoms with van der Waals surface area (Å²) < 4.78 is 5.59. The van der Waals surface area contributed by atoms with Crippen LogP contribution >= 0.6 is 0 Å². The number of unbranched alkanes of at least 4 members (excludes halogenated alkanes) is 3. The van der Waals surface area contributed by atoms with Crippen LogP contribution in [0.15, 0.2) is 0 Å². The molecule has 14 heavy (non-hydrogen) atoms. The van der Waals surface area contributed by atoms with E-state index in [-0.39, 0.29) is 0 Å². The zero-order valence-corrected chi connectivity index (χ0v) is 9.63. The van der Waals surface area contributed by atoms with Gasteiger partial charge in [-0.1, -0.05) is 45.4 Å². The summed E-state index contributed by atoms with van der Waals surface area (Å²) in [6, 6.07) is 0. The molecule has 1 aliphatic carbocycles. The molecule has 1 saturated carbocycles. The topological polar surface area (TPSA) is 9.23 Å². The normalized spacial score (nSPS) is 18.6. The predicted molar refractivity (Wildman–Crippen MR) is 61.0 cm³/mol. The summed E-state index contributed by atoms with van der Waals surface area (Å²) in [5.74, 6) is 0.759. The molecule has 83 valence electrons. The Labute approximate surface area is 89.2 Å². The third kappa shape index (κ3) is 5.64. The van der Waals surface area contributed by atoms with Crippen molar-refractivity contribution in [1.82, 2.24) is 0 Å². The Morgan fingerprint density at radius 1 is 1.07 bits per heavy atom. The van der Waals surface area contributed by atoms with Crippen LogP contribution in [0.4, 0.5) is 0 Å². The smallest absolute Gasteiger partial charge is 0.0867 e. The van der Waals surface area contributed by atoms with Gasteiger partial charge >= 0.3 is 0 Å². The highest BCUT2D eigenvalue weighted by molar-refractivity contribution is 4.72. The predicted octanol–water partition coefficient (Wildman–Crippen LogP) is 4.33. The molecule has 0 heterocycles. The molecule has 0 spiro atoms. The van der Waals surface area contributed by atoms with Gasteiger partial charge in [0.1, 0.15) is 0 Å². The second kappa shape index (κ2) is 8.28. The Kier molecular flexibility index (Phi) is 7.12. The zero-order chi connectivity index (χ0) is 10.1. The maximum atomic E-state index is 5.59. The van der Waals surface area contributed by atoms with Gasteiger partial charge in [-0.25, -0.2) is 0 Å². The molecule has 0 saturated heterocycles. The standard InChI is InChI=1S/C13H25O/c1-2-3-4-8-11-14-12-13-9-6-5-7-10-13/h12-13H,2-11H2,1H3. The van der Waals surface area contributed by atoms with Gasteiger partial charge in [-0.15, -0.1) is 0 Å². The summed E-state index contributed by atoms with van der Waals surface area (Å²) in [5.41, 5.74) is 0. The summed E-state index contributed by atoms with van der Waals surface area (Å²) in [6.07, 6.45) is 12.2. The van der Waals surface area contributed by atoms with Gasteiger partial charge in [0, 0.05) is 6.61 Å². The summed E-state index contributed by atoms with van der Waals surface area (Å²) in [7, 11) is 0. The molecule has 0 atom stereocenters. The van der Waals surface area contributed by atoms with Crippen LogP contribution in [0, 0.1) is 12.5 Å².